The highest BCUT2D eigenvalue weighted by molar-refractivity contribution is 6.35. The predicted molar refractivity (Wildman–Crippen MR) is 117 cm³/mol. The molecule has 0 amide bonds. The summed E-state index contributed by atoms with van der Waals surface area (Å²) >= 11 is 6.38. The molecule has 1 aromatic heterocycles. The van der Waals surface area contributed by atoms with Gasteiger partial charge in [0.1, 0.15) is 5.84 Å². The SMILES string of the molecule is CC(=N)/N=C(\C(=C\C(=O)c1cccc(C)c1Cl)CC1CCCCN1)c1ccn[nH]1. The minimum absolute atomic E-state index is 0.165. The fourth-order valence-electron chi connectivity index (χ4n) is 3.52. The van der Waals surface area contributed by atoms with Crippen LogP contribution in [-0.2, 0) is 0 Å². The first-order valence-electron chi connectivity index (χ1n) is 9.83. The van der Waals surface area contributed by atoms with Gasteiger partial charge in [0, 0.05) is 17.8 Å². The molecule has 0 bridgehead atoms. The van der Waals surface area contributed by atoms with E-state index in [4.69, 9.17) is 17.0 Å². The molecule has 2 heterocycles. The lowest BCUT2D eigenvalue weighted by atomic mass is 9.92. The van der Waals surface area contributed by atoms with E-state index in [-0.39, 0.29) is 17.7 Å². The molecule has 1 unspecified atom stereocenters. The van der Waals surface area contributed by atoms with Crippen LogP contribution >= 0.6 is 11.6 Å². The molecule has 1 aliphatic rings. The summed E-state index contributed by atoms with van der Waals surface area (Å²) in [5.41, 5.74) is 3.35. The second kappa shape index (κ2) is 9.76. The van der Waals surface area contributed by atoms with E-state index in [0.717, 1.165) is 36.9 Å². The fourth-order valence-corrected chi connectivity index (χ4v) is 3.74. The summed E-state index contributed by atoms with van der Waals surface area (Å²) in [6.45, 7) is 4.47. The van der Waals surface area contributed by atoms with Crippen molar-refractivity contribution in [2.45, 2.75) is 45.6 Å². The van der Waals surface area contributed by atoms with Crippen LogP contribution in [0.4, 0.5) is 0 Å². The Balaban J connectivity index is 2.03. The molecule has 152 valence electrons. The second-order valence-electron chi connectivity index (χ2n) is 7.34. The van der Waals surface area contributed by atoms with Crippen molar-refractivity contribution in [3.63, 3.8) is 0 Å². The molecule has 0 radical (unpaired) electrons. The average molecular weight is 412 g/mol. The predicted octanol–water partition coefficient (Wildman–Crippen LogP) is 4.50. The van der Waals surface area contributed by atoms with Crippen molar-refractivity contribution in [3.8, 4) is 0 Å². The normalized spacial score (nSPS) is 18.0. The number of H-pyrrole nitrogens is 1. The number of ketones is 1. The number of aromatic nitrogens is 2. The van der Waals surface area contributed by atoms with Crippen LogP contribution in [0.3, 0.4) is 0 Å². The van der Waals surface area contributed by atoms with Crippen LogP contribution in [0.2, 0.25) is 5.02 Å². The number of carbonyl (C=O) groups is 1. The van der Waals surface area contributed by atoms with Crippen LogP contribution in [0, 0.1) is 12.3 Å². The molecule has 1 aromatic carbocycles. The maximum Gasteiger partial charge on any atom is 0.187 e. The molecule has 7 heteroatoms. The monoisotopic (exact) mass is 411 g/mol. The van der Waals surface area contributed by atoms with Crippen LogP contribution in [0.5, 0.6) is 0 Å². The standard InChI is InChI=1S/C22H26ClN5O/c1-14-6-5-8-18(21(14)23)20(29)13-16(12-17-7-3-4-10-25-17)22(27-15(2)24)19-9-11-26-28-19/h5-6,8-9,11,13,17,24-25H,3-4,7,10,12H2,1-2H3,(H,26,28)/b16-13+,24-15?,27-22+. The molecule has 1 saturated heterocycles. The van der Waals surface area contributed by atoms with Gasteiger partial charge in [-0.15, -0.1) is 0 Å². The smallest absolute Gasteiger partial charge is 0.187 e. The molecule has 1 atom stereocenters. The van der Waals surface area contributed by atoms with Gasteiger partial charge >= 0.3 is 0 Å². The van der Waals surface area contributed by atoms with Gasteiger partial charge < -0.3 is 5.32 Å². The number of aromatic amines is 1. The van der Waals surface area contributed by atoms with Gasteiger partial charge in [0.25, 0.3) is 0 Å². The topological polar surface area (TPSA) is 94.0 Å². The van der Waals surface area contributed by atoms with E-state index in [1.165, 1.54) is 0 Å². The van der Waals surface area contributed by atoms with Gasteiger partial charge in [-0.2, -0.15) is 5.10 Å². The first-order valence-corrected chi connectivity index (χ1v) is 10.2. The maximum atomic E-state index is 13.1. The number of allylic oxidation sites excluding steroid dienone is 1. The van der Waals surface area contributed by atoms with Crippen molar-refractivity contribution in [1.82, 2.24) is 15.5 Å². The molecular formula is C22H26ClN5O. The van der Waals surface area contributed by atoms with Crippen LogP contribution in [0.25, 0.3) is 0 Å². The Morgan fingerprint density at radius 3 is 2.86 bits per heavy atom. The molecule has 0 saturated carbocycles. The van der Waals surface area contributed by atoms with Crippen LogP contribution in [-0.4, -0.2) is 40.1 Å². The van der Waals surface area contributed by atoms with Crippen molar-refractivity contribution in [2.75, 3.05) is 6.54 Å². The summed E-state index contributed by atoms with van der Waals surface area (Å²) in [6.07, 6.45) is 7.24. The highest BCUT2D eigenvalue weighted by atomic mass is 35.5. The van der Waals surface area contributed by atoms with Crippen molar-refractivity contribution >= 4 is 28.9 Å². The minimum atomic E-state index is -0.167. The molecule has 1 aliphatic heterocycles. The van der Waals surface area contributed by atoms with E-state index in [9.17, 15) is 4.79 Å². The summed E-state index contributed by atoms with van der Waals surface area (Å²) in [5.74, 6) is -0.00232. The highest BCUT2D eigenvalue weighted by Gasteiger charge is 2.21. The van der Waals surface area contributed by atoms with E-state index < -0.39 is 0 Å². The lowest BCUT2D eigenvalue weighted by Crippen LogP contribution is -2.35. The lowest BCUT2D eigenvalue weighted by molar-refractivity contribution is 0.104. The van der Waals surface area contributed by atoms with Crippen molar-refractivity contribution in [3.05, 3.63) is 64.0 Å². The molecule has 0 aliphatic carbocycles. The summed E-state index contributed by atoms with van der Waals surface area (Å²) < 4.78 is 0. The van der Waals surface area contributed by atoms with Gasteiger partial charge in [0.05, 0.1) is 16.4 Å². The Bertz CT molecular complexity index is 940. The molecule has 3 rings (SSSR count). The zero-order valence-corrected chi connectivity index (χ0v) is 17.5. The number of amidine groups is 1. The fraction of sp³-hybridized carbons (Fsp3) is 0.364. The van der Waals surface area contributed by atoms with Gasteiger partial charge in [-0.3, -0.25) is 15.3 Å². The summed E-state index contributed by atoms with van der Waals surface area (Å²) in [4.78, 5) is 17.5. The molecular weight excluding hydrogens is 386 g/mol. The number of piperidine rings is 1. The van der Waals surface area contributed by atoms with E-state index >= 15 is 0 Å². The number of nitrogens with zero attached hydrogens (tertiary/aromatic N) is 2. The first-order chi connectivity index (χ1) is 14.0. The van der Waals surface area contributed by atoms with Gasteiger partial charge in [-0.25, -0.2) is 4.99 Å². The van der Waals surface area contributed by atoms with Gasteiger partial charge in [-0.1, -0.05) is 30.2 Å². The quantitative estimate of drug-likeness (QED) is 0.282. The lowest BCUT2D eigenvalue weighted by Gasteiger charge is -2.25. The van der Waals surface area contributed by atoms with E-state index in [1.807, 2.05) is 19.1 Å². The van der Waals surface area contributed by atoms with Crippen molar-refractivity contribution < 1.29 is 4.79 Å². The third-order valence-corrected chi connectivity index (χ3v) is 5.48. The zero-order valence-electron chi connectivity index (χ0n) is 16.8. The largest absolute Gasteiger partial charge is 0.314 e. The molecule has 0 spiro atoms. The number of carbonyl (C=O) groups excluding carboxylic acids is 1. The molecule has 1 fully saturated rings. The van der Waals surface area contributed by atoms with Crippen molar-refractivity contribution in [1.29, 1.82) is 5.41 Å². The second-order valence-corrected chi connectivity index (χ2v) is 7.72. The first kappa shape index (κ1) is 21.1. The molecule has 3 N–H and O–H groups in total. The summed E-state index contributed by atoms with van der Waals surface area (Å²) in [6, 6.07) is 7.50. The maximum absolute atomic E-state index is 13.1. The number of hydrogen-bond acceptors (Lipinski definition) is 4. The van der Waals surface area contributed by atoms with Crippen LogP contribution in [0.1, 0.15) is 54.2 Å². The highest BCUT2D eigenvalue weighted by Crippen LogP contribution is 2.24. The third-order valence-electron chi connectivity index (χ3n) is 4.98. The van der Waals surface area contributed by atoms with Crippen molar-refractivity contribution in [2.24, 2.45) is 4.99 Å². The van der Waals surface area contributed by atoms with Gasteiger partial charge in [0.2, 0.25) is 0 Å². The number of benzene rings is 1. The number of aryl methyl sites for hydroxylation is 1. The Hall–Kier alpha value is -2.57. The number of halogens is 1. The minimum Gasteiger partial charge on any atom is -0.314 e. The zero-order chi connectivity index (χ0) is 20.8. The number of nitrogens with one attached hydrogen (secondary N) is 3. The van der Waals surface area contributed by atoms with E-state index in [1.54, 1.807) is 31.3 Å². The number of rotatable bonds is 6. The summed E-state index contributed by atoms with van der Waals surface area (Å²) in [7, 11) is 0. The Kier molecular flexibility index (Phi) is 7.12. The third kappa shape index (κ3) is 5.49. The average Bonchev–Trinajstić information content (AvgIpc) is 3.23. The number of aliphatic imine (C=N–C) groups is 1. The van der Waals surface area contributed by atoms with E-state index in [0.29, 0.717) is 28.4 Å². The Morgan fingerprint density at radius 1 is 1.38 bits per heavy atom. The molecule has 2 aromatic rings. The van der Waals surface area contributed by atoms with Crippen LogP contribution in [0.15, 0.2) is 47.1 Å². The number of hydrogen-bond donors (Lipinski definition) is 3. The molecule has 6 nitrogen and oxygen atoms in total. The van der Waals surface area contributed by atoms with Gasteiger partial charge in [0.15, 0.2) is 5.78 Å². The van der Waals surface area contributed by atoms with Gasteiger partial charge in [-0.05, 0) is 69.0 Å². The van der Waals surface area contributed by atoms with E-state index in [2.05, 4.69) is 20.5 Å². The van der Waals surface area contributed by atoms with Crippen LogP contribution < -0.4 is 5.32 Å². The Labute approximate surface area is 176 Å². The Morgan fingerprint density at radius 2 is 2.21 bits per heavy atom. The molecule has 29 heavy (non-hydrogen) atoms. The summed E-state index contributed by atoms with van der Waals surface area (Å²) in [5, 5.41) is 18.8.